The molecule has 0 aliphatic heterocycles. The molecular formula is C22H26N4O2. The molecule has 2 aromatic heterocycles. The monoisotopic (exact) mass is 378 g/mol. The lowest BCUT2D eigenvalue weighted by atomic mass is 10.1. The van der Waals surface area contributed by atoms with Gasteiger partial charge in [0.25, 0.3) is 5.91 Å². The standard InChI is InChI=1S/C22H26N4O2/c1-14-11-15(2)13-18(12-14)25-19(27)8-5-9-23-22(28)20-17(4)24-21-16(3)7-6-10-26(20)21/h6-7,10-13H,5,8-9H2,1-4H3,(H,23,28)(H,25,27). The minimum atomic E-state index is -0.176. The lowest BCUT2D eigenvalue weighted by Gasteiger charge is -2.09. The van der Waals surface area contributed by atoms with Gasteiger partial charge in [-0.3, -0.25) is 14.0 Å². The van der Waals surface area contributed by atoms with Crippen LogP contribution in [0.25, 0.3) is 5.65 Å². The summed E-state index contributed by atoms with van der Waals surface area (Å²) in [7, 11) is 0. The second-order valence-electron chi connectivity index (χ2n) is 7.21. The van der Waals surface area contributed by atoms with E-state index < -0.39 is 0 Å². The van der Waals surface area contributed by atoms with Crippen molar-refractivity contribution in [1.29, 1.82) is 0 Å². The van der Waals surface area contributed by atoms with E-state index in [1.165, 1.54) is 0 Å². The van der Waals surface area contributed by atoms with Gasteiger partial charge in [0.1, 0.15) is 11.3 Å². The van der Waals surface area contributed by atoms with E-state index in [9.17, 15) is 9.59 Å². The maximum Gasteiger partial charge on any atom is 0.270 e. The van der Waals surface area contributed by atoms with E-state index in [-0.39, 0.29) is 11.8 Å². The molecule has 0 bridgehead atoms. The summed E-state index contributed by atoms with van der Waals surface area (Å²) in [5.74, 6) is -0.230. The highest BCUT2D eigenvalue weighted by Gasteiger charge is 2.17. The molecule has 0 radical (unpaired) electrons. The van der Waals surface area contributed by atoms with Crippen molar-refractivity contribution in [2.75, 3.05) is 11.9 Å². The molecule has 1 aromatic carbocycles. The van der Waals surface area contributed by atoms with Crippen molar-refractivity contribution in [2.24, 2.45) is 0 Å². The Bertz CT molecular complexity index is 1020. The topological polar surface area (TPSA) is 75.5 Å². The van der Waals surface area contributed by atoms with Gasteiger partial charge in [0.2, 0.25) is 5.91 Å². The fourth-order valence-corrected chi connectivity index (χ4v) is 3.40. The SMILES string of the molecule is Cc1cc(C)cc(NC(=O)CCCNC(=O)c2c(C)nc3c(C)cccn23)c1. The van der Waals surface area contributed by atoms with Gasteiger partial charge < -0.3 is 10.6 Å². The number of aromatic nitrogens is 2. The van der Waals surface area contributed by atoms with Gasteiger partial charge in [0, 0.05) is 24.8 Å². The molecule has 0 aliphatic rings. The highest BCUT2D eigenvalue weighted by molar-refractivity contribution is 5.95. The molecule has 3 aromatic rings. The Hall–Kier alpha value is -3.15. The molecule has 28 heavy (non-hydrogen) atoms. The van der Waals surface area contributed by atoms with Crippen LogP contribution >= 0.6 is 0 Å². The quantitative estimate of drug-likeness (QED) is 0.642. The number of hydrogen-bond acceptors (Lipinski definition) is 3. The van der Waals surface area contributed by atoms with Crippen LogP contribution in [0.2, 0.25) is 0 Å². The van der Waals surface area contributed by atoms with E-state index in [2.05, 4.69) is 21.7 Å². The van der Waals surface area contributed by atoms with Gasteiger partial charge in [0.05, 0.1) is 5.69 Å². The Morgan fingerprint density at radius 1 is 1.07 bits per heavy atom. The van der Waals surface area contributed by atoms with E-state index in [0.29, 0.717) is 30.8 Å². The number of aryl methyl sites for hydroxylation is 4. The van der Waals surface area contributed by atoms with Gasteiger partial charge in [-0.05, 0) is 69.0 Å². The highest BCUT2D eigenvalue weighted by atomic mass is 16.2. The number of imidazole rings is 1. The van der Waals surface area contributed by atoms with Crippen molar-refractivity contribution in [2.45, 2.75) is 40.5 Å². The Morgan fingerprint density at radius 2 is 1.79 bits per heavy atom. The molecule has 0 atom stereocenters. The summed E-state index contributed by atoms with van der Waals surface area (Å²) in [6, 6.07) is 9.83. The van der Waals surface area contributed by atoms with Crippen LogP contribution in [0.3, 0.4) is 0 Å². The molecule has 146 valence electrons. The Kier molecular flexibility index (Phi) is 5.78. The summed E-state index contributed by atoms with van der Waals surface area (Å²) in [5, 5.41) is 5.81. The molecule has 0 saturated heterocycles. The molecule has 2 heterocycles. The van der Waals surface area contributed by atoms with E-state index in [0.717, 1.165) is 28.0 Å². The fraction of sp³-hybridized carbons (Fsp3) is 0.318. The molecule has 0 saturated carbocycles. The summed E-state index contributed by atoms with van der Waals surface area (Å²) in [4.78, 5) is 29.2. The fourth-order valence-electron chi connectivity index (χ4n) is 3.40. The third-order valence-electron chi connectivity index (χ3n) is 4.61. The average molecular weight is 378 g/mol. The van der Waals surface area contributed by atoms with Crippen molar-refractivity contribution >= 4 is 23.1 Å². The molecule has 0 aliphatic carbocycles. The van der Waals surface area contributed by atoms with Crippen molar-refractivity contribution in [3.05, 3.63) is 64.6 Å². The maximum absolute atomic E-state index is 12.6. The Balaban J connectivity index is 1.53. The highest BCUT2D eigenvalue weighted by Crippen LogP contribution is 2.16. The lowest BCUT2D eigenvalue weighted by molar-refractivity contribution is -0.116. The molecular weight excluding hydrogens is 352 g/mol. The minimum Gasteiger partial charge on any atom is -0.351 e. The second kappa shape index (κ2) is 8.25. The minimum absolute atomic E-state index is 0.0548. The summed E-state index contributed by atoms with van der Waals surface area (Å²) >= 11 is 0. The summed E-state index contributed by atoms with van der Waals surface area (Å²) in [6.45, 7) is 8.23. The van der Waals surface area contributed by atoms with Crippen LogP contribution in [0.15, 0.2) is 36.5 Å². The predicted octanol–water partition coefficient (Wildman–Crippen LogP) is 3.72. The first-order chi connectivity index (χ1) is 13.3. The lowest BCUT2D eigenvalue weighted by Crippen LogP contribution is -2.27. The third-order valence-corrected chi connectivity index (χ3v) is 4.61. The number of amides is 2. The van der Waals surface area contributed by atoms with E-state index >= 15 is 0 Å². The van der Waals surface area contributed by atoms with Crippen molar-refractivity contribution in [3.8, 4) is 0 Å². The summed E-state index contributed by atoms with van der Waals surface area (Å²) in [5.41, 5.74) is 6.08. The zero-order valence-corrected chi connectivity index (χ0v) is 16.8. The largest absolute Gasteiger partial charge is 0.351 e. The predicted molar refractivity (Wildman–Crippen MR) is 111 cm³/mol. The molecule has 6 heteroatoms. The smallest absolute Gasteiger partial charge is 0.270 e. The van der Waals surface area contributed by atoms with Crippen molar-refractivity contribution in [3.63, 3.8) is 0 Å². The van der Waals surface area contributed by atoms with E-state index in [1.807, 2.05) is 62.6 Å². The number of benzene rings is 1. The van der Waals surface area contributed by atoms with Crippen LogP contribution in [-0.2, 0) is 4.79 Å². The van der Waals surface area contributed by atoms with Crippen LogP contribution in [0.5, 0.6) is 0 Å². The third kappa shape index (κ3) is 4.39. The number of hydrogen-bond donors (Lipinski definition) is 2. The zero-order chi connectivity index (χ0) is 20.3. The molecule has 3 rings (SSSR count). The van der Waals surface area contributed by atoms with Crippen LogP contribution in [-0.4, -0.2) is 27.7 Å². The maximum atomic E-state index is 12.6. The van der Waals surface area contributed by atoms with Gasteiger partial charge in [-0.25, -0.2) is 4.98 Å². The van der Waals surface area contributed by atoms with Crippen LogP contribution in [0, 0.1) is 27.7 Å². The molecule has 0 spiro atoms. The number of rotatable bonds is 6. The normalized spacial score (nSPS) is 10.9. The molecule has 2 N–H and O–H groups in total. The molecule has 0 unspecified atom stereocenters. The van der Waals surface area contributed by atoms with Crippen LogP contribution in [0.1, 0.15) is 45.7 Å². The summed E-state index contributed by atoms with van der Waals surface area (Å²) < 4.78 is 1.81. The van der Waals surface area contributed by atoms with Crippen molar-refractivity contribution < 1.29 is 9.59 Å². The number of anilines is 1. The first-order valence-corrected chi connectivity index (χ1v) is 9.46. The Morgan fingerprint density at radius 3 is 2.50 bits per heavy atom. The molecule has 0 fully saturated rings. The van der Waals surface area contributed by atoms with Gasteiger partial charge in [-0.2, -0.15) is 0 Å². The second-order valence-corrected chi connectivity index (χ2v) is 7.21. The number of nitrogens with one attached hydrogen (secondary N) is 2. The zero-order valence-electron chi connectivity index (χ0n) is 16.8. The summed E-state index contributed by atoms with van der Waals surface area (Å²) in [6.07, 6.45) is 2.75. The van der Waals surface area contributed by atoms with E-state index in [4.69, 9.17) is 0 Å². The number of fused-ring (bicyclic) bond motifs is 1. The van der Waals surface area contributed by atoms with Crippen molar-refractivity contribution in [1.82, 2.24) is 14.7 Å². The van der Waals surface area contributed by atoms with E-state index in [1.54, 1.807) is 0 Å². The van der Waals surface area contributed by atoms with Crippen LogP contribution in [0.4, 0.5) is 5.69 Å². The Labute approximate surface area is 165 Å². The molecule has 2 amide bonds. The number of pyridine rings is 1. The first kappa shape index (κ1) is 19.6. The van der Waals surface area contributed by atoms with Gasteiger partial charge in [0.15, 0.2) is 0 Å². The number of nitrogens with zero attached hydrogens (tertiary/aromatic N) is 2. The number of carbonyl (C=O) groups excluding carboxylic acids is 2. The van der Waals surface area contributed by atoms with Gasteiger partial charge >= 0.3 is 0 Å². The average Bonchev–Trinajstić information content (AvgIpc) is 2.95. The van der Waals surface area contributed by atoms with Crippen LogP contribution < -0.4 is 10.6 Å². The number of carbonyl (C=O) groups is 2. The molecule has 6 nitrogen and oxygen atoms in total. The van der Waals surface area contributed by atoms with Gasteiger partial charge in [-0.15, -0.1) is 0 Å². The first-order valence-electron chi connectivity index (χ1n) is 9.46. The van der Waals surface area contributed by atoms with Gasteiger partial charge in [-0.1, -0.05) is 12.1 Å².